The summed E-state index contributed by atoms with van der Waals surface area (Å²) >= 11 is 1.48. The van der Waals surface area contributed by atoms with Gasteiger partial charge in [-0.1, -0.05) is 11.8 Å². The lowest BCUT2D eigenvalue weighted by Gasteiger charge is -2.12. The number of aromatic nitrogens is 3. The van der Waals surface area contributed by atoms with Crippen LogP contribution in [-0.2, 0) is 0 Å². The summed E-state index contributed by atoms with van der Waals surface area (Å²) in [6, 6.07) is 7.73. The number of nitrogens with zero attached hydrogens (tertiary/aromatic N) is 3. The van der Waals surface area contributed by atoms with Gasteiger partial charge in [-0.15, -0.1) is 10.2 Å². The predicted molar refractivity (Wildman–Crippen MR) is 85.7 cm³/mol. The van der Waals surface area contributed by atoms with Crippen molar-refractivity contribution in [3.05, 3.63) is 35.7 Å². The zero-order valence-electron chi connectivity index (χ0n) is 12.9. The fraction of sp³-hybridized carbons (Fsp3) is 0.438. The molecule has 1 aliphatic rings. The molecule has 2 aromatic rings. The number of aryl methyl sites for hydroxylation is 1. The highest BCUT2D eigenvalue weighted by atomic mass is 32.2. The summed E-state index contributed by atoms with van der Waals surface area (Å²) in [6.07, 6.45) is 2.35. The number of carbonyl (C=O) groups is 1. The van der Waals surface area contributed by atoms with Gasteiger partial charge in [-0.2, -0.15) is 0 Å². The molecule has 3 rings (SSSR count). The van der Waals surface area contributed by atoms with Crippen LogP contribution in [0.5, 0.6) is 5.75 Å². The van der Waals surface area contributed by atoms with Crippen molar-refractivity contribution in [2.45, 2.75) is 43.1 Å². The van der Waals surface area contributed by atoms with Gasteiger partial charge in [-0.25, -0.2) is 0 Å². The highest BCUT2D eigenvalue weighted by Crippen LogP contribution is 2.39. The van der Waals surface area contributed by atoms with E-state index in [0.717, 1.165) is 16.7 Å². The first-order valence-corrected chi connectivity index (χ1v) is 8.24. The third-order valence-electron chi connectivity index (χ3n) is 3.77. The standard InChI is InChI=1S/C16H19N3O2S/c1-10(15(20)12-4-8-14(21-3)9-5-12)22-16-18-17-11(2)19(16)13-6-7-13/h4-5,8-10,13H,6-7H2,1-3H3/t10-/m1/s1. The molecule has 1 saturated carbocycles. The smallest absolute Gasteiger partial charge is 0.192 e. The predicted octanol–water partition coefficient (Wildman–Crippen LogP) is 3.29. The summed E-state index contributed by atoms with van der Waals surface area (Å²) in [6.45, 7) is 3.88. The first kappa shape index (κ1) is 15.1. The summed E-state index contributed by atoms with van der Waals surface area (Å²) in [5, 5.41) is 9.02. The van der Waals surface area contributed by atoms with Crippen LogP contribution in [0, 0.1) is 6.92 Å². The largest absolute Gasteiger partial charge is 0.497 e. The number of ketones is 1. The minimum atomic E-state index is -0.200. The maximum Gasteiger partial charge on any atom is 0.192 e. The fourth-order valence-electron chi connectivity index (χ4n) is 2.39. The molecular formula is C16H19N3O2S. The second kappa shape index (κ2) is 6.12. The number of hydrogen-bond acceptors (Lipinski definition) is 5. The van der Waals surface area contributed by atoms with Gasteiger partial charge in [0, 0.05) is 11.6 Å². The van der Waals surface area contributed by atoms with E-state index in [1.165, 1.54) is 24.6 Å². The van der Waals surface area contributed by atoms with Crippen molar-refractivity contribution in [3.8, 4) is 5.75 Å². The van der Waals surface area contributed by atoms with Gasteiger partial charge in [-0.3, -0.25) is 4.79 Å². The highest BCUT2D eigenvalue weighted by molar-refractivity contribution is 8.00. The Morgan fingerprint density at radius 3 is 2.59 bits per heavy atom. The van der Waals surface area contributed by atoms with Gasteiger partial charge in [0.25, 0.3) is 0 Å². The zero-order chi connectivity index (χ0) is 15.7. The normalized spacial score (nSPS) is 15.6. The summed E-state index contributed by atoms with van der Waals surface area (Å²) in [5.41, 5.74) is 0.690. The third kappa shape index (κ3) is 3.02. The summed E-state index contributed by atoms with van der Waals surface area (Å²) in [5.74, 6) is 1.77. The van der Waals surface area contributed by atoms with Crippen LogP contribution < -0.4 is 4.74 Å². The lowest BCUT2D eigenvalue weighted by Crippen LogP contribution is -2.14. The van der Waals surface area contributed by atoms with Gasteiger partial charge in [-0.05, 0) is 51.0 Å². The lowest BCUT2D eigenvalue weighted by molar-refractivity contribution is 0.0994. The first-order valence-electron chi connectivity index (χ1n) is 7.36. The van der Waals surface area contributed by atoms with Crippen molar-refractivity contribution in [2.24, 2.45) is 0 Å². The average Bonchev–Trinajstić information content (AvgIpc) is 3.31. The summed E-state index contributed by atoms with van der Waals surface area (Å²) in [4.78, 5) is 12.5. The number of Topliss-reactive ketones (excluding diaryl/α,β-unsaturated/α-hetero) is 1. The van der Waals surface area contributed by atoms with Crippen LogP contribution in [0.1, 0.15) is 42.0 Å². The highest BCUT2D eigenvalue weighted by Gasteiger charge is 2.30. The maximum atomic E-state index is 12.5. The first-order chi connectivity index (χ1) is 10.6. The summed E-state index contributed by atoms with van der Waals surface area (Å²) in [7, 11) is 1.61. The third-order valence-corrected chi connectivity index (χ3v) is 4.83. The van der Waals surface area contributed by atoms with E-state index in [-0.39, 0.29) is 11.0 Å². The van der Waals surface area contributed by atoms with Crippen LogP contribution in [0.3, 0.4) is 0 Å². The molecule has 22 heavy (non-hydrogen) atoms. The minimum Gasteiger partial charge on any atom is -0.497 e. The number of thioether (sulfide) groups is 1. The van der Waals surface area contributed by atoms with Crippen molar-refractivity contribution >= 4 is 17.5 Å². The Morgan fingerprint density at radius 1 is 1.32 bits per heavy atom. The Kier molecular flexibility index (Phi) is 4.20. The molecule has 0 saturated heterocycles. The SMILES string of the molecule is COc1ccc(C(=O)[C@@H](C)Sc2nnc(C)n2C2CC2)cc1. The number of ether oxygens (including phenoxy) is 1. The molecule has 1 atom stereocenters. The monoisotopic (exact) mass is 317 g/mol. The Morgan fingerprint density at radius 2 is 2.00 bits per heavy atom. The number of methoxy groups -OCH3 is 1. The maximum absolute atomic E-state index is 12.5. The summed E-state index contributed by atoms with van der Waals surface area (Å²) < 4.78 is 7.27. The van der Waals surface area contributed by atoms with Crippen molar-refractivity contribution in [3.63, 3.8) is 0 Å². The molecular weight excluding hydrogens is 298 g/mol. The van der Waals surface area contributed by atoms with Crippen LogP contribution in [-0.4, -0.2) is 32.9 Å². The molecule has 1 heterocycles. The molecule has 116 valence electrons. The Balaban J connectivity index is 1.73. The van der Waals surface area contributed by atoms with E-state index >= 15 is 0 Å². The number of benzene rings is 1. The van der Waals surface area contributed by atoms with Gasteiger partial charge < -0.3 is 9.30 Å². The van der Waals surface area contributed by atoms with Crippen LogP contribution in [0.4, 0.5) is 0 Å². The van der Waals surface area contributed by atoms with Gasteiger partial charge >= 0.3 is 0 Å². The van der Waals surface area contributed by atoms with Crippen LogP contribution in [0.25, 0.3) is 0 Å². The van der Waals surface area contributed by atoms with Crippen LogP contribution >= 0.6 is 11.8 Å². The van der Waals surface area contributed by atoms with E-state index in [1.54, 1.807) is 19.2 Å². The lowest BCUT2D eigenvalue weighted by atomic mass is 10.1. The van der Waals surface area contributed by atoms with Gasteiger partial charge in [0.05, 0.1) is 12.4 Å². The second-order valence-corrected chi connectivity index (χ2v) is 6.79. The molecule has 1 aromatic carbocycles. The van der Waals surface area contributed by atoms with Crippen LogP contribution in [0.15, 0.2) is 29.4 Å². The van der Waals surface area contributed by atoms with E-state index in [1.807, 2.05) is 26.0 Å². The van der Waals surface area contributed by atoms with Gasteiger partial charge in [0.2, 0.25) is 0 Å². The molecule has 0 radical (unpaired) electrons. The van der Waals surface area contributed by atoms with Crippen molar-refractivity contribution in [1.29, 1.82) is 0 Å². The molecule has 5 nitrogen and oxygen atoms in total. The van der Waals surface area contributed by atoms with Crippen molar-refractivity contribution in [2.75, 3.05) is 7.11 Å². The molecule has 6 heteroatoms. The van der Waals surface area contributed by atoms with Crippen molar-refractivity contribution in [1.82, 2.24) is 14.8 Å². The van der Waals surface area contributed by atoms with Gasteiger partial charge in [0.15, 0.2) is 10.9 Å². The fourth-order valence-corrected chi connectivity index (χ4v) is 3.43. The topological polar surface area (TPSA) is 57.0 Å². The molecule has 1 aromatic heterocycles. The number of hydrogen-bond donors (Lipinski definition) is 0. The van der Waals surface area contributed by atoms with Crippen molar-refractivity contribution < 1.29 is 9.53 Å². The van der Waals surface area contributed by atoms with E-state index in [9.17, 15) is 4.79 Å². The minimum absolute atomic E-state index is 0.0932. The zero-order valence-corrected chi connectivity index (χ0v) is 13.8. The number of rotatable bonds is 6. The van der Waals surface area contributed by atoms with E-state index in [0.29, 0.717) is 11.6 Å². The Labute approximate surface area is 134 Å². The van der Waals surface area contributed by atoms with E-state index < -0.39 is 0 Å². The molecule has 1 fully saturated rings. The Hall–Kier alpha value is -1.82. The van der Waals surface area contributed by atoms with Crippen LogP contribution in [0.2, 0.25) is 0 Å². The molecule has 1 aliphatic carbocycles. The Bertz CT molecular complexity index is 677. The second-order valence-electron chi connectivity index (χ2n) is 5.48. The molecule has 0 spiro atoms. The van der Waals surface area contributed by atoms with E-state index in [2.05, 4.69) is 14.8 Å². The molecule has 0 amide bonds. The molecule has 0 N–H and O–H groups in total. The molecule has 0 unspecified atom stereocenters. The van der Waals surface area contributed by atoms with Gasteiger partial charge in [0.1, 0.15) is 11.6 Å². The average molecular weight is 317 g/mol. The number of carbonyl (C=O) groups excluding carboxylic acids is 1. The quantitative estimate of drug-likeness (QED) is 0.604. The molecule has 0 aliphatic heterocycles. The van der Waals surface area contributed by atoms with E-state index in [4.69, 9.17) is 4.74 Å². The molecule has 0 bridgehead atoms.